The molecule has 1 aromatic carbocycles. The SMILES string of the molecule is CC(C)(C)OC(=O)NCc1nc2ccc(B3OC(C)(C)C(C)(C)O3)cc2[nH]1. The monoisotopic (exact) mass is 373 g/mol. The Bertz CT molecular complexity index is 838. The molecular formula is C19H28BN3O4. The number of nitrogens with one attached hydrogen (secondary N) is 2. The first-order chi connectivity index (χ1) is 12.4. The van der Waals surface area contributed by atoms with Gasteiger partial charge < -0.3 is 24.3 Å². The van der Waals surface area contributed by atoms with Crippen LogP contribution >= 0.6 is 0 Å². The lowest BCUT2D eigenvalue weighted by molar-refractivity contribution is 0.00578. The van der Waals surface area contributed by atoms with E-state index in [1.165, 1.54) is 0 Å². The number of carbonyl (C=O) groups is 1. The molecule has 1 saturated heterocycles. The lowest BCUT2D eigenvalue weighted by atomic mass is 9.79. The van der Waals surface area contributed by atoms with Crippen LogP contribution in [0.2, 0.25) is 0 Å². The molecule has 0 bridgehead atoms. The van der Waals surface area contributed by atoms with Crippen LogP contribution in [-0.4, -0.2) is 40.0 Å². The van der Waals surface area contributed by atoms with Crippen LogP contribution in [-0.2, 0) is 20.6 Å². The first-order valence-electron chi connectivity index (χ1n) is 9.17. The molecule has 2 heterocycles. The number of hydrogen-bond donors (Lipinski definition) is 2. The zero-order valence-electron chi connectivity index (χ0n) is 17.1. The molecule has 1 aliphatic rings. The summed E-state index contributed by atoms with van der Waals surface area (Å²) in [5, 5.41) is 2.70. The van der Waals surface area contributed by atoms with E-state index in [9.17, 15) is 4.79 Å². The second-order valence-corrected chi connectivity index (χ2v) is 8.90. The maximum absolute atomic E-state index is 11.8. The van der Waals surface area contributed by atoms with E-state index >= 15 is 0 Å². The van der Waals surface area contributed by atoms with Crippen molar-refractivity contribution in [2.24, 2.45) is 0 Å². The summed E-state index contributed by atoms with van der Waals surface area (Å²) in [6, 6.07) is 5.85. The summed E-state index contributed by atoms with van der Waals surface area (Å²) in [6.45, 7) is 13.9. The van der Waals surface area contributed by atoms with Crippen molar-refractivity contribution >= 4 is 29.7 Å². The lowest BCUT2D eigenvalue weighted by Crippen LogP contribution is -2.41. The van der Waals surface area contributed by atoms with Gasteiger partial charge in [0.05, 0.1) is 28.8 Å². The van der Waals surface area contributed by atoms with Gasteiger partial charge in [0.15, 0.2) is 0 Å². The van der Waals surface area contributed by atoms with Gasteiger partial charge in [-0.15, -0.1) is 0 Å². The molecular weight excluding hydrogens is 345 g/mol. The number of amides is 1. The Morgan fingerprint density at radius 2 is 1.85 bits per heavy atom. The number of imidazole rings is 1. The van der Waals surface area contributed by atoms with Gasteiger partial charge in [0.1, 0.15) is 11.4 Å². The fourth-order valence-corrected chi connectivity index (χ4v) is 2.76. The molecule has 0 spiro atoms. The van der Waals surface area contributed by atoms with Crippen LogP contribution in [0.3, 0.4) is 0 Å². The summed E-state index contributed by atoms with van der Waals surface area (Å²) in [5.41, 5.74) is 1.30. The van der Waals surface area contributed by atoms with E-state index in [1.54, 1.807) is 0 Å². The van der Waals surface area contributed by atoms with E-state index < -0.39 is 18.8 Å². The van der Waals surface area contributed by atoms with Crippen LogP contribution in [0, 0.1) is 0 Å². The molecule has 146 valence electrons. The summed E-state index contributed by atoms with van der Waals surface area (Å²) < 4.78 is 17.4. The Hall–Kier alpha value is -2.06. The smallest absolute Gasteiger partial charge is 0.444 e. The average Bonchev–Trinajstić information content (AvgIpc) is 3.00. The molecule has 0 unspecified atom stereocenters. The minimum Gasteiger partial charge on any atom is -0.444 e. The third-order valence-electron chi connectivity index (χ3n) is 4.88. The van der Waals surface area contributed by atoms with Crippen molar-refractivity contribution in [1.82, 2.24) is 15.3 Å². The minimum atomic E-state index is -0.532. The third-order valence-corrected chi connectivity index (χ3v) is 4.88. The Morgan fingerprint density at radius 3 is 2.44 bits per heavy atom. The topological polar surface area (TPSA) is 85.5 Å². The standard InChI is InChI=1S/C19H28BN3O4/c1-17(2,3)25-16(24)21-11-15-22-13-9-8-12(10-14(13)23-15)20-26-18(4,5)19(6,7)27-20/h8-10H,11H2,1-7H3,(H,21,24)(H,22,23). The van der Waals surface area contributed by atoms with E-state index in [1.807, 2.05) is 66.7 Å². The molecule has 1 fully saturated rings. The minimum absolute atomic E-state index is 0.259. The molecule has 0 aliphatic carbocycles. The van der Waals surface area contributed by atoms with E-state index in [0.29, 0.717) is 5.82 Å². The molecule has 2 aromatic rings. The highest BCUT2D eigenvalue weighted by Gasteiger charge is 2.51. The summed E-state index contributed by atoms with van der Waals surface area (Å²) in [7, 11) is -0.425. The molecule has 27 heavy (non-hydrogen) atoms. The van der Waals surface area contributed by atoms with E-state index in [4.69, 9.17) is 14.0 Å². The number of rotatable bonds is 3. The largest absolute Gasteiger partial charge is 0.494 e. The van der Waals surface area contributed by atoms with Crippen molar-refractivity contribution in [2.45, 2.75) is 71.8 Å². The van der Waals surface area contributed by atoms with Crippen molar-refractivity contribution in [3.05, 3.63) is 24.0 Å². The quantitative estimate of drug-likeness (QED) is 0.809. The number of benzene rings is 1. The van der Waals surface area contributed by atoms with Crippen molar-refractivity contribution in [1.29, 1.82) is 0 Å². The number of ether oxygens (including phenoxy) is 1. The van der Waals surface area contributed by atoms with Crippen LogP contribution in [0.1, 0.15) is 54.3 Å². The Kier molecular flexibility index (Phi) is 4.76. The fraction of sp³-hybridized carbons (Fsp3) is 0.579. The number of fused-ring (bicyclic) bond motifs is 1. The van der Waals surface area contributed by atoms with Gasteiger partial charge in [-0.1, -0.05) is 6.07 Å². The molecule has 8 heteroatoms. The Labute approximate surface area is 160 Å². The maximum Gasteiger partial charge on any atom is 0.494 e. The first-order valence-corrected chi connectivity index (χ1v) is 9.17. The summed E-state index contributed by atoms with van der Waals surface area (Å²) in [5.74, 6) is 0.655. The summed E-state index contributed by atoms with van der Waals surface area (Å²) in [4.78, 5) is 19.5. The number of alkyl carbamates (subject to hydrolysis) is 1. The van der Waals surface area contributed by atoms with Gasteiger partial charge in [0.25, 0.3) is 0 Å². The molecule has 0 saturated carbocycles. The van der Waals surface area contributed by atoms with Gasteiger partial charge in [-0.05, 0) is 66.1 Å². The molecule has 1 aromatic heterocycles. The highest BCUT2D eigenvalue weighted by Crippen LogP contribution is 2.36. The number of aromatic nitrogens is 2. The average molecular weight is 373 g/mol. The maximum atomic E-state index is 11.8. The zero-order chi connectivity index (χ0) is 20.0. The highest BCUT2D eigenvalue weighted by atomic mass is 16.7. The first kappa shape index (κ1) is 19.7. The summed E-state index contributed by atoms with van der Waals surface area (Å²) >= 11 is 0. The van der Waals surface area contributed by atoms with Gasteiger partial charge in [0.2, 0.25) is 0 Å². The van der Waals surface area contributed by atoms with Crippen molar-refractivity contribution in [3.63, 3.8) is 0 Å². The van der Waals surface area contributed by atoms with Gasteiger partial charge in [-0.25, -0.2) is 9.78 Å². The molecule has 2 N–H and O–H groups in total. The highest BCUT2D eigenvalue weighted by molar-refractivity contribution is 6.62. The van der Waals surface area contributed by atoms with Gasteiger partial charge in [0, 0.05) is 0 Å². The molecule has 1 aliphatic heterocycles. The van der Waals surface area contributed by atoms with E-state index in [-0.39, 0.29) is 17.7 Å². The zero-order valence-corrected chi connectivity index (χ0v) is 17.1. The van der Waals surface area contributed by atoms with Crippen LogP contribution < -0.4 is 10.8 Å². The second-order valence-electron chi connectivity index (χ2n) is 8.90. The normalized spacial score (nSPS) is 18.7. The van der Waals surface area contributed by atoms with Crippen LogP contribution in [0.15, 0.2) is 18.2 Å². The van der Waals surface area contributed by atoms with Gasteiger partial charge in [-0.3, -0.25) is 0 Å². The Morgan fingerprint density at radius 1 is 1.22 bits per heavy atom. The van der Waals surface area contributed by atoms with Gasteiger partial charge in [-0.2, -0.15) is 0 Å². The third kappa shape index (κ3) is 4.27. The molecule has 0 atom stereocenters. The van der Waals surface area contributed by atoms with Crippen LogP contribution in [0.25, 0.3) is 11.0 Å². The Balaban J connectivity index is 1.71. The van der Waals surface area contributed by atoms with Crippen molar-refractivity contribution < 1.29 is 18.8 Å². The van der Waals surface area contributed by atoms with Crippen molar-refractivity contribution in [2.75, 3.05) is 0 Å². The van der Waals surface area contributed by atoms with E-state index in [2.05, 4.69) is 15.3 Å². The van der Waals surface area contributed by atoms with Crippen molar-refractivity contribution in [3.8, 4) is 0 Å². The number of aromatic amines is 1. The number of hydrogen-bond acceptors (Lipinski definition) is 5. The molecule has 7 nitrogen and oxygen atoms in total. The van der Waals surface area contributed by atoms with Crippen LogP contribution in [0.4, 0.5) is 4.79 Å². The van der Waals surface area contributed by atoms with Crippen LogP contribution in [0.5, 0.6) is 0 Å². The fourth-order valence-electron chi connectivity index (χ4n) is 2.76. The second kappa shape index (κ2) is 6.53. The molecule has 3 rings (SSSR count). The predicted octanol–water partition coefficient (Wildman–Crippen LogP) is 2.89. The van der Waals surface area contributed by atoms with E-state index in [0.717, 1.165) is 16.5 Å². The lowest BCUT2D eigenvalue weighted by Gasteiger charge is -2.32. The molecule has 0 radical (unpaired) electrons. The predicted molar refractivity (Wildman–Crippen MR) is 105 cm³/mol. The molecule has 1 amide bonds. The number of nitrogens with zero attached hydrogens (tertiary/aromatic N) is 1. The number of carbonyl (C=O) groups excluding carboxylic acids is 1. The van der Waals surface area contributed by atoms with Gasteiger partial charge >= 0.3 is 13.2 Å². The number of H-pyrrole nitrogens is 1. The summed E-state index contributed by atoms with van der Waals surface area (Å²) in [6.07, 6.45) is -0.471.